The first-order valence-corrected chi connectivity index (χ1v) is 9.74. The van der Waals surface area contributed by atoms with Gasteiger partial charge in [-0.3, -0.25) is 0 Å². The predicted molar refractivity (Wildman–Crippen MR) is 98.3 cm³/mol. The summed E-state index contributed by atoms with van der Waals surface area (Å²) in [4.78, 5) is 0. The molecule has 0 bridgehead atoms. The summed E-state index contributed by atoms with van der Waals surface area (Å²) in [5, 5.41) is 0. The monoisotopic (exact) mass is 316 g/mol. The molecule has 1 aliphatic heterocycles. The molecule has 0 amide bonds. The van der Waals surface area contributed by atoms with Crippen LogP contribution in [0.3, 0.4) is 0 Å². The lowest BCUT2D eigenvalue weighted by Gasteiger charge is -2.52. The molecule has 1 aromatic rings. The van der Waals surface area contributed by atoms with Crippen molar-refractivity contribution < 1.29 is 8.97 Å². The molecular weight excluding hydrogens is 280 g/mol. The number of piperazine rings is 1. The fraction of sp³-hybridized carbons (Fsp3) is 0.714. The summed E-state index contributed by atoms with van der Waals surface area (Å²) in [6, 6.07) is 12.7. The maximum atomic E-state index is 2.54. The standard InChI is InChI=1S/C21H36N2/c1-19(18-20-10-6-4-7-11-20)22(2)14-16-23(3,17-15-22)21-12-8-5-9-13-21/h4,6-7,10-11,19,21H,5,8-9,12-18H2,1-3H3/q+2. The van der Waals surface area contributed by atoms with Gasteiger partial charge in [-0.15, -0.1) is 0 Å². The third-order valence-electron chi connectivity index (χ3n) is 7.14. The van der Waals surface area contributed by atoms with Gasteiger partial charge in [-0.1, -0.05) is 36.8 Å². The van der Waals surface area contributed by atoms with Crippen LogP contribution in [0.1, 0.15) is 44.6 Å². The number of benzene rings is 1. The SMILES string of the molecule is CC(Cc1ccccc1)[N+]1(C)CC[N+](C)(C2CCCCC2)CC1. The van der Waals surface area contributed by atoms with Crippen LogP contribution in [-0.2, 0) is 6.42 Å². The molecule has 0 aromatic heterocycles. The summed E-state index contributed by atoms with van der Waals surface area (Å²) < 4.78 is 2.61. The van der Waals surface area contributed by atoms with Gasteiger partial charge in [0.05, 0.1) is 26.2 Å². The van der Waals surface area contributed by atoms with Gasteiger partial charge in [0.2, 0.25) is 0 Å². The molecule has 23 heavy (non-hydrogen) atoms. The third-order valence-corrected chi connectivity index (χ3v) is 7.14. The van der Waals surface area contributed by atoms with E-state index in [9.17, 15) is 0 Å². The van der Waals surface area contributed by atoms with E-state index in [2.05, 4.69) is 51.4 Å². The number of quaternary nitrogens is 2. The van der Waals surface area contributed by atoms with E-state index in [1.807, 2.05) is 0 Å². The van der Waals surface area contributed by atoms with Gasteiger partial charge < -0.3 is 8.97 Å². The first-order valence-electron chi connectivity index (χ1n) is 9.74. The van der Waals surface area contributed by atoms with E-state index in [1.165, 1.54) is 79.2 Å². The summed E-state index contributed by atoms with van der Waals surface area (Å²) in [6.45, 7) is 7.91. The Balaban J connectivity index is 1.60. The highest BCUT2D eigenvalue weighted by atomic mass is 15.5. The summed E-state index contributed by atoms with van der Waals surface area (Å²) in [6.07, 6.45) is 8.56. The minimum Gasteiger partial charge on any atom is -0.314 e. The zero-order valence-corrected chi connectivity index (χ0v) is 15.5. The smallest absolute Gasteiger partial charge is 0.129 e. The van der Waals surface area contributed by atoms with E-state index >= 15 is 0 Å². The molecule has 0 N–H and O–H groups in total. The van der Waals surface area contributed by atoms with E-state index < -0.39 is 0 Å². The van der Waals surface area contributed by atoms with E-state index in [4.69, 9.17) is 0 Å². The van der Waals surface area contributed by atoms with Crippen molar-refractivity contribution in [1.82, 2.24) is 0 Å². The largest absolute Gasteiger partial charge is 0.314 e. The van der Waals surface area contributed by atoms with Crippen molar-refractivity contribution in [1.29, 1.82) is 0 Å². The number of rotatable bonds is 4. The summed E-state index contributed by atoms with van der Waals surface area (Å²) in [5.74, 6) is 0. The molecular formula is C21H36N2+2. The lowest BCUT2D eigenvalue weighted by molar-refractivity contribution is -1.04. The number of nitrogens with zero attached hydrogens (tertiary/aromatic N) is 2. The molecule has 1 heterocycles. The second-order valence-corrected chi connectivity index (χ2v) is 8.68. The Hall–Kier alpha value is -0.860. The van der Waals surface area contributed by atoms with Crippen LogP contribution in [0, 0.1) is 0 Å². The molecule has 1 aliphatic carbocycles. The Morgan fingerprint density at radius 2 is 1.52 bits per heavy atom. The quantitative estimate of drug-likeness (QED) is 0.740. The van der Waals surface area contributed by atoms with Gasteiger partial charge >= 0.3 is 0 Å². The normalized spacial score (nSPS) is 34.2. The molecule has 1 aromatic carbocycles. The lowest BCUT2D eigenvalue weighted by Crippen LogP contribution is -2.69. The van der Waals surface area contributed by atoms with E-state index in [-0.39, 0.29) is 0 Å². The van der Waals surface area contributed by atoms with Crippen LogP contribution in [-0.4, -0.2) is 61.3 Å². The van der Waals surface area contributed by atoms with Crippen molar-refractivity contribution >= 4 is 0 Å². The first kappa shape index (κ1) is 17.0. The lowest BCUT2D eigenvalue weighted by atomic mass is 9.91. The van der Waals surface area contributed by atoms with Gasteiger partial charge in [-0.25, -0.2) is 0 Å². The van der Waals surface area contributed by atoms with Gasteiger partial charge in [-0.2, -0.15) is 0 Å². The van der Waals surface area contributed by atoms with Crippen molar-refractivity contribution in [2.75, 3.05) is 40.3 Å². The molecule has 2 aliphatic rings. The third kappa shape index (κ3) is 3.80. The van der Waals surface area contributed by atoms with Crippen LogP contribution in [0.4, 0.5) is 0 Å². The Bertz CT molecular complexity index is 482. The van der Waals surface area contributed by atoms with Gasteiger partial charge in [0.15, 0.2) is 0 Å². The summed E-state index contributed by atoms with van der Waals surface area (Å²) in [7, 11) is 5.04. The van der Waals surface area contributed by atoms with Gasteiger partial charge in [-0.05, 0) is 38.2 Å². The van der Waals surface area contributed by atoms with Crippen LogP contribution < -0.4 is 0 Å². The van der Waals surface area contributed by atoms with Crippen molar-refractivity contribution in [3.63, 3.8) is 0 Å². The molecule has 2 fully saturated rings. The Morgan fingerprint density at radius 3 is 2.13 bits per heavy atom. The molecule has 1 unspecified atom stereocenters. The van der Waals surface area contributed by atoms with Crippen molar-refractivity contribution in [3.8, 4) is 0 Å². The number of likely N-dealkylation sites (N-methyl/N-ethyl adjacent to an activating group) is 2. The molecule has 3 rings (SSSR count). The molecule has 1 saturated carbocycles. The highest BCUT2D eigenvalue weighted by Crippen LogP contribution is 2.30. The number of hydrogen-bond donors (Lipinski definition) is 0. The van der Waals surface area contributed by atoms with Crippen LogP contribution in [0.15, 0.2) is 30.3 Å². The predicted octanol–water partition coefficient (Wildman–Crippen LogP) is 3.86. The first-order chi connectivity index (χ1) is 11.0. The molecule has 0 radical (unpaired) electrons. The molecule has 1 atom stereocenters. The van der Waals surface area contributed by atoms with E-state index in [1.54, 1.807) is 0 Å². The summed E-state index contributed by atoms with van der Waals surface area (Å²) >= 11 is 0. The van der Waals surface area contributed by atoms with Gasteiger partial charge in [0, 0.05) is 6.42 Å². The van der Waals surface area contributed by atoms with Crippen LogP contribution in [0.25, 0.3) is 0 Å². The van der Waals surface area contributed by atoms with Crippen molar-refractivity contribution in [2.24, 2.45) is 0 Å². The van der Waals surface area contributed by atoms with Gasteiger partial charge in [0.25, 0.3) is 0 Å². The molecule has 0 spiro atoms. The topological polar surface area (TPSA) is 0 Å². The van der Waals surface area contributed by atoms with Crippen molar-refractivity contribution in [2.45, 2.75) is 57.5 Å². The van der Waals surface area contributed by atoms with Crippen LogP contribution in [0.2, 0.25) is 0 Å². The zero-order valence-electron chi connectivity index (χ0n) is 15.5. The average molecular weight is 317 g/mol. The van der Waals surface area contributed by atoms with E-state index in [0.717, 1.165) is 12.1 Å². The Kier molecular flexibility index (Phi) is 5.13. The Labute approximate surface area is 143 Å². The minimum absolute atomic E-state index is 0.720. The fourth-order valence-electron chi connectivity index (χ4n) is 4.82. The molecule has 2 heteroatoms. The van der Waals surface area contributed by atoms with Crippen molar-refractivity contribution in [3.05, 3.63) is 35.9 Å². The highest BCUT2D eigenvalue weighted by molar-refractivity contribution is 5.15. The highest BCUT2D eigenvalue weighted by Gasteiger charge is 2.44. The average Bonchev–Trinajstić information content (AvgIpc) is 2.59. The van der Waals surface area contributed by atoms with E-state index in [0.29, 0.717) is 0 Å². The Morgan fingerprint density at radius 1 is 0.913 bits per heavy atom. The zero-order chi connectivity index (χ0) is 16.3. The maximum absolute atomic E-state index is 2.54. The van der Waals surface area contributed by atoms with Crippen LogP contribution >= 0.6 is 0 Å². The summed E-state index contributed by atoms with van der Waals surface area (Å²) in [5.41, 5.74) is 1.49. The molecule has 128 valence electrons. The maximum Gasteiger partial charge on any atom is 0.129 e. The molecule has 2 nitrogen and oxygen atoms in total. The minimum atomic E-state index is 0.720. The van der Waals surface area contributed by atoms with Crippen LogP contribution in [0.5, 0.6) is 0 Å². The fourth-order valence-corrected chi connectivity index (χ4v) is 4.82. The second kappa shape index (κ2) is 6.94. The van der Waals surface area contributed by atoms with Gasteiger partial charge in [0.1, 0.15) is 26.2 Å². The number of hydrogen-bond acceptors (Lipinski definition) is 0. The molecule has 1 saturated heterocycles. The second-order valence-electron chi connectivity index (χ2n) is 8.68.